The fraction of sp³-hybridized carbons (Fsp3) is 0.250. The van der Waals surface area contributed by atoms with Crippen LogP contribution in [0.3, 0.4) is 0 Å². The van der Waals surface area contributed by atoms with Crippen molar-refractivity contribution in [1.29, 1.82) is 0 Å². The van der Waals surface area contributed by atoms with Gasteiger partial charge in [0.25, 0.3) is 0 Å². The standard InChI is InChI=1S/C12H12F2N2OS/c1-2-15-12-16-9(7-18-12)8-5-3-4-6-10(8)17-11(13)14/h3-7,11H,2H2,1H3,(H,15,16). The lowest BCUT2D eigenvalue weighted by molar-refractivity contribution is -0.0494. The molecule has 0 saturated carbocycles. The number of rotatable bonds is 5. The van der Waals surface area contributed by atoms with E-state index in [1.54, 1.807) is 18.2 Å². The first-order valence-corrected chi connectivity index (χ1v) is 6.32. The number of nitrogens with one attached hydrogen (secondary N) is 1. The van der Waals surface area contributed by atoms with Gasteiger partial charge < -0.3 is 10.1 Å². The monoisotopic (exact) mass is 270 g/mol. The fourth-order valence-electron chi connectivity index (χ4n) is 1.51. The summed E-state index contributed by atoms with van der Waals surface area (Å²) in [5, 5.41) is 5.65. The Morgan fingerprint density at radius 3 is 2.89 bits per heavy atom. The SMILES string of the molecule is CCNc1nc(-c2ccccc2OC(F)F)cs1. The zero-order valence-corrected chi connectivity index (χ0v) is 10.5. The van der Waals surface area contributed by atoms with Gasteiger partial charge in [0.1, 0.15) is 5.75 Å². The van der Waals surface area contributed by atoms with Crippen LogP contribution >= 0.6 is 11.3 Å². The van der Waals surface area contributed by atoms with Crippen molar-refractivity contribution in [1.82, 2.24) is 4.98 Å². The number of nitrogens with zero attached hydrogens (tertiary/aromatic N) is 1. The number of hydrogen-bond donors (Lipinski definition) is 1. The third kappa shape index (κ3) is 2.95. The van der Waals surface area contributed by atoms with Crippen LogP contribution in [0, 0.1) is 0 Å². The number of alkyl halides is 2. The summed E-state index contributed by atoms with van der Waals surface area (Å²) in [6, 6.07) is 6.63. The maximum absolute atomic E-state index is 12.3. The average molecular weight is 270 g/mol. The summed E-state index contributed by atoms with van der Waals surface area (Å²) in [4.78, 5) is 4.32. The lowest BCUT2D eigenvalue weighted by Gasteiger charge is -2.08. The molecular weight excluding hydrogens is 258 g/mol. The first-order valence-electron chi connectivity index (χ1n) is 5.44. The Bertz CT molecular complexity index is 516. The number of thiazole rings is 1. The van der Waals surface area contributed by atoms with Crippen molar-refractivity contribution in [2.75, 3.05) is 11.9 Å². The first kappa shape index (κ1) is 12.8. The number of ether oxygens (including phenoxy) is 1. The van der Waals surface area contributed by atoms with Crippen molar-refractivity contribution >= 4 is 16.5 Å². The molecule has 0 aliphatic rings. The Balaban J connectivity index is 2.30. The molecule has 0 fully saturated rings. The molecule has 3 nitrogen and oxygen atoms in total. The van der Waals surface area contributed by atoms with Crippen molar-refractivity contribution in [3.63, 3.8) is 0 Å². The topological polar surface area (TPSA) is 34.2 Å². The summed E-state index contributed by atoms with van der Waals surface area (Å²) in [5.74, 6) is 0.140. The molecule has 1 aromatic carbocycles. The summed E-state index contributed by atoms with van der Waals surface area (Å²) in [6.45, 7) is -0.102. The van der Waals surface area contributed by atoms with Crippen LogP contribution in [0.15, 0.2) is 29.6 Å². The minimum absolute atomic E-state index is 0.140. The van der Waals surface area contributed by atoms with E-state index in [1.165, 1.54) is 17.4 Å². The molecule has 0 unspecified atom stereocenters. The second-order valence-electron chi connectivity index (χ2n) is 3.44. The molecule has 0 atom stereocenters. The predicted octanol–water partition coefficient (Wildman–Crippen LogP) is 3.84. The van der Waals surface area contributed by atoms with Crippen LogP contribution in [0.4, 0.5) is 13.9 Å². The molecule has 0 saturated heterocycles. The summed E-state index contributed by atoms with van der Waals surface area (Å²) in [6.07, 6.45) is 0. The van der Waals surface area contributed by atoms with Gasteiger partial charge >= 0.3 is 6.61 Å². The molecule has 0 radical (unpaired) electrons. The highest BCUT2D eigenvalue weighted by atomic mass is 32.1. The second-order valence-corrected chi connectivity index (χ2v) is 4.30. The minimum Gasteiger partial charge on any atom is -0.434 e. The Morgan fingerprint density at radius 2 is 2.17 bits per heavy atom. The van der Waals surface area contributed by atoms with E-state index in [9.17, 15) is 8.78 Å². The fourth-order valence-corrected chi connectivity index (χ4v) is 2.29. The van der Waals surface area contributed by atoms with Gasteiger partial charge in [-0.05, 0) is 19.1 Å². The van der Waals surface area contributed by atoms with Gasteiger partial charge in [-0.2, -0.15) is 8.78 Å². The van der Waals surface area contributed by atoms with Crippen molar-refractivity contribution in [3.8, 4) is 17.0 Å². The molecule has 0 amide bonds. The molecule has 6 heteroatoms. The second kappa shape index (κ2) is 5.77. The van der Waals surface area contributed by atoms with E-state index in [0.717, 1.165) is 11.7 Å². The molecule has 0 spiro atoms. The number of halogens is 2. The van der Waals surface area contributed by atoms with Gasteiger partial charge in [-0.15, -0.1) is 11.3 Å². The average Bonchev–Trinajstić information content (AvgIpc) is 2.78. The van der Waals surface area contributed by atoms with Crippen molar-refractivity contribution in [3.05, 3.63) is 29.6 Å². The van der Waals surface area contributed by atoms with Gasteiger partial charge in [0.2, 0.25) is 0 Å². The highest BCUT2D eigenvalue weighted by Crippen LogP contribution is 2.32. The lowest BCUT2D eigenvalue weighted by Crippen LogP contribution is -2.03. The van der Waals surface area contributed by atoms with Gasteiger partial charge in [0.05, 0.1) is 5.69 Å². The Kier molecular flexibility index (Phi) is 4.09. The summed E-state index contributed by atoms with van der Waals surface area (Å²) in [5.41, 5.74) is 1.20. The number of benzene rings is 1. The molecule has 2 rings (SSSR count). The summed E-state index contributed by atoms with van der Waals surface area (Å²) < 4.78 is 29.1. The molecule has 1 N–H and O–H groups in total. The van der Waals surface area contributed by atoms with E-state index >= 15 is 0 Å². The highest BCUT2D eigenvalue weighted by molar-refractivity contribution is 7.14. The van der Waals surface area contributed by atoms with Crippen molar-refractivity contribution in [2.24, 2.45) is 0 Å². The van der Waals surface area contributed by atoms with Crippen LogP contribution in [0.1, 0.15) is 6.92 Å². The van der Waals surface area contributed by atoms with Crippen LogP contribution in [0.2, 0.25) is 0 Å². The maximum atomic E-state index is 12.3. The van der Waals surface area contributed by atoms with E-state index in [1.807, 2.05) is 12.3 Å². The van der Waals surface area contributed by atoms with Crippen molar-refractivity contribution < 1.29 is 13.5 Å². The molecule has 1 heterocycles. The predicted molar refractivity (Wildman–Crippen MR) is 68.3 cm³/mol. The third-order valence-corrected chi connectivity index (χ3v) is 3.01. The van der Waals surface area contributed by atoms with Gasteiger partial charge in [0, 0.05) is 17.5 Å². The molecule has 1 aromatic heterocycles. The molecule has 0 aliphatic carbocycles. The molecule has 0 bridgehead atoms. The van der Waals surface area contributed by atoms with Crippen molar-refractivity contribution in [2.45, 2.75) is 13.5 Å². The normalized spacial score (nSPS) is 10.7. The van der Waals surface area contributed by atoms with Gasteiger partial charge in [-0.3, -0.25) is 0 Å². The molecule has 18 heavy (non-hydrogen) atoms. The van der Waals surface area contributed by atoms with Crippen LogP contribution in [-0.2, 0) is 0 Å². The minimum atomic E-state index is -2.84. The Morgan fingerprint density at radius 1 is 1.39 bits per heavy atom. The third-order valence-electron chi connectivity index (χ3n) is 2.21. The number of anilines is 1. The number of hydrogen-bond acceptors (Lipinski definition) is 4. The molecule has 96 valence electrons. The largest absolute Gasteiger partial charge is 0.434 e. The summed E-state index contributed by atoms with van der Waals surface area (Å²) in [7, 11) is 0. The Labute approximate surface area is 107 Å². The van der Waals surface area contributed by atoms with E-state index in [-0.39, 0.29) is 5.75 Å². The lowest BCUT2D eigenvalue weighted by atomic mass is 10.1. The Hall–Kier alpha value is -1.69. The van der Waals surface area contributed by atoms with Crippen LogP contribution < -0.4 is 10.1 Å². The molecule has 0 aliphatic heterocycles. The smallest absolute Gasteiger partial charge is 0.387 e. The van der Waals surface area contributed by atoms with Gasteiger partial charge in [-0.25, -0.2) is 4.98 Å². The zero-order valence-electron chi connectivity index (χ0n) is 9.69. The van der Waals surface area contributed by atoms with Crippen LogP contribution in [0.5, 0.6) is 5.75 Å². The van der Waals surface area contributed by atoms with E-state index in [4.69, 9.17) is 0 Å². The molecular formula is C12H12F2N2OS. The van der Waals surface area contributed by atoms with E-state index in [2.05, 4.69) is 15.0 Å². The maximum Gasteiger partial charge on any atom is 0.387 e. The van der Waals surface area contributed by atoms with E-state index in [0.29, 0.717) is 11.3 Å². The van der Waals surface area contributed by atoms with Gasteiger partial charge in [0.15, 0.2) is 5.13 Å². The van der Waals surface area contributed by atoms with Crippen LogP contribution in [-0.4, -0.2) is 18.1 Å². The van der Waals surface area contributed by atoms with Gasteiger partial charge in [-0.1, -0.05) is 12.1 Å². The quantitative estimate of drug-likeness (QED) is 0.896. The first-order chi connectivity index (χ1) is 8.70. The van der Waals surface area contributed by atoms with Crippen LogP contribution in [0.25, 0.3) is 11.3 Å². The molecule has 2 aromatic rings. The number of aromatic nitrogens is 1. The highest BCUT2D eigenvalue weighted by Gasteiger charge is 2.12. The summed E-state index contributed by atoms with van der Waals surface area (Å²) >= 11 is 1.43. The zero-order chi connectivity index (χ0) is 13.0. The number of para-hydroxylation sites is 1. The van der Waals surface area contributed by atoms with E-state index < -0.39 is 6.61 Å².